The molecule has 0 amide bonds. The molecule has 0 bridgehead atoms. The third-order valence-electron chi connectivity index (χ3n) is 2.70. The molecule has 1 aromatic heterocycles. The molecule has 0 saturated heterocycles. The third kappa shape index (κ3) is 2.60. The summed E-state index contributed by atoms with van der Waals surface area (Å²) in [5.74, 6) is 0.781. The zero-order valence-corrected chi connectivity index (χ0v) is 10.6. The number of methoxy groups -OCH3 is 1. The summed E-state index contributed by atoms with van der Waals surface area (Å²) >= 11 is 0. The molecule has 2 rings (SSSR count). The number of aromatic nitrogens is 3. The monoisotopic (exact) mass is 256 g/mol. The minimum atomic E-state index is -0.374. The van der Waals surface area contributed by atoms with Crippen LogP contribution in [-0.2, 0) is 16.1 Å². The molecule has 0 radical (unpaired) electrons. The maximum atomic E-state index is 11.4. The highest BCUT2D eigenvalue weighted by atomic mass is 16.5. The topological polar surface area (TPSA) is 80.8 Å². The Morgan fingerprint density at radius 1 is 1.47 bits per heavy atom. The standard InChI is InChI=1S/C13H12N4O2/c1-9-15-16-13(17(9)8-12(18)19-2)11-5-3-4-10(6-11)7-14/h3-6H,8H2,1-2H3. The molecule has 0 aliphatic heterocycles. The number of esters is 1. The molecule has 1 heterocycles. The number of benzene rings is 1. The van der Waals surface area contributed by atoms with Gasteiger partial charge in [-0.1, -0.05) is 12.1 Å². The van der Waals surface area contributed by atoms with E-state index in [1.54, 1.807) is 29.7 Å². The van der Waals surface area contributed by atoms with Crippen LogP contribution in [0.3, 0.4) is 0 Å². The smallest absolute Gasteiger partial charge is 0.325 e. The van der Waals surface area contributed by atoms with Gasteiger partial charge in [-0.25, -0.2) is 0 Å². The number of nitriles is 1. The number of ether oxygens (including phenoxy) is 1. The van der Waals surface area contributed by atoms with Gasteiger partial charge in [0, 0.05) is 5.56 Å². The Morgan fingerprint density at radius 3 is 2.95 bits per heavy atom. The molecular weight excluding hydrogens is 244 g/mol. The normalized spacial score (nSPS) is 9.95. The molecule has 96 valence electrons. The molecule has 0 spiro atoms. The van der Waals surface area contributed by atoms with E-state index in [2.05, 4.69) is 21.0 Å². The van der Waals surface area contributed by atoms with Crippen LogP contribution in [0.4, 0.5) is 0 Å². The molecule has 1 aromatic carbocycles. The van der Waals surface area contributed by atoms with Gasteiger partial charge in [-0.05, 0) is 19.1 Å². The van der Waals surface area contributed by atoms with Gasteiger partial charge in [0.25, 0.3) is 0 Å². The van der Waals surface area contributed by atoms with Crippen molar-refractivity contribution in [3.8, 4) is 17.5 Å². The summed E-state index contributed by atoms with van der Waals surface area (Å²) < 4.78 is 6.30. The zero-order valence-electron chi connectivity index (χ0n) is 10.6. The molecular formula is C13H12N4O2. The summed E-state index contributed by atoms with van der Waals surface area (Å²) in [6.45, 7) is 1.80. The second-order valence-corrected chi connectivity index (χ2v) is 3.93. The van der Waals surface area contributed by atoms with Crippen LogP contribution in [0.5, 0.6) is 0 Å². The predicted octanol–water partition coefficient (Wildman–Crippen LogP) is 1.30. The first-order chi connectivity index (χ1) is 9.15. The Hall–Kier alpha value is -2.68. The van der Waals surface area contributed by atoms with E-state index in [1.807, 2.05) is 6.07 Å². The van der Waals surface area contributed by atoms with E-state index >= 15 is 0 Å². The average molecular weight is 256 g/mol. The highest BCUT2D eigenvalue weighted by molar-refractivity contribution is 5.70. The minimum absolute atomic E-state index is 0.0431. The molecule has 6 nitrogen and oxygen atoms in total. The van der Waals surface area contributed by atoms with Crippen molar-refractivity contribution in [1.29, 1.82) is 5.26 Å². The molecule has 0 aliphatic carbocycles. The van der Waals surface area contributed by atoms with Crippen molar-refractivity contribution >= 4 is 5.97 Å². The fourth-order valence-electron chi connectivity index (χ4n) is 1.71. The lowest BCUT2D eigenvalue weighted by Gasteiger charge is -2.07. The van der Waals surface area contributed by atoms with Gasteiger partial charge in [0.05, 0.1) is 18.7 Å². The largest absolute Gasteiger partial charge is 0.468 e. The van der Waals surface area contributed by atoms with E-state index in [0.29, 0.717) is 17.2 Å². The van der Waals surface area contributed by atoms with Gasteiger partial charge in [0.2, 0.25) is 0 Å². The predicted molar refractivity (Wildman–Crippen MR) is 66.9 cm³/mol. The summed E-state index contributed by atoms with van der Waals surface area (Å²) in [5, 5.41) is 16.9. The highest BCUT2D eigenvalue weighted by Crippen LogP contribution is 2.19. The van der Waals surface area contributed by atoms with Crippen LogP contribution >= 0.6 is 0 Å². The lowest BCUT2D eigenvalue weighted by atomic mass is 10.1. The first-order valence-electron chi connectivity index (χ1n) is 5.63. The van der Waals surface area contributed by atoms with E-state index in [4.69, 9.17) is 5.26 Å². The van der Waals surface area contributed by atoms with Crippen molar-refractivity contribution in [3.05, 3.63) is 35.7 Å². The van der Waals surface area contributed by atoms with Crippen molar-refractivity contribution in [2.45, 2.75) is 13.5 Å². The number of carbonyl (C=O) groups is 1. The van der Waals surface area contributed by atoms with E-state index in [-0.39, 0.29) is 12.5 Å². The molecule has 2 aromatic rings. The van der Waals surface area contributed by atoms with Crippen molar-refractivity contribution < 1.29 is 9.53 Å². The molecule has 0 unspecified atom stereocenters. The van der Waals surface area contributed by atoms with E-state index in [0.717, 1.165) is 5.56 Å². The highest BCUT2D eigenvalue weighted by Gasteiger charge is 2.14. The first-order valence-corrected chi connectivity index (χ1v) is 5.63. The summed E-state index contributed by atoms with van der Waals surface area (Å²) in [4.78, 5) is 11.4. The van der Waals surface area contributed by atoms with Gasteiger partial charge >= 0.3 is 5.97 Å². The van der Waals surface area contributed by atoms with Gasteiger partial charge in [-0.15, -0.1) is 10.2 Å². The van der Waals surface area contributed by atoms with Gasteiger partial charge < -0.3 is 4.74 Å². The second kappa shape index (κ2) is 5.31. The van der Waals surface area contributed by atoms with Crippen molar-refractivity contribution in [2.75, 3.05) is 7.11 Å². The van der Waals surface area contributed by atoms with E-state index in [9.17, 15) is 4.79 Å². The third-order valence-corrected chi connectivity index (χ3v) is 2.70. The zero-order chi connectivity index (χ0) is 13.8. The van der Waals surface area contributed by atoms with Gasteiger partial charge in [-0.3, -0.25) is 9.36 Å². The Balaban J connectivity index is 2.45. The number of hydrogen-bond donors (Lipinski definition) is 0. The number of hydrogen-bond acceptors (Lipinski definition) is 5. The number of carbonyl (C=O) groups excluding carboxylic acids is 1. The van der Waals surface area contributed by atoms with Crippen LogP contribution in [0.1, 0.15) is 11.4 Å². The van der Waals surface area contributed by atoms with Crippen molar-refractivity contribution in [1.82, 2.24) is 14.8 Å². The summed E-state index contributed by atoms with van der Waals surface area (Å²) in [6, 6.07) is 9.06. The van der Waals surface area contributed by atoms with Crippen LogP contribution in [0.25, 0.3) is 11.4 Å². The summed E-state index contributed by atoms with van der Waals surface area (Å²) in [6.07, 6.45) is 0. The van der Waals surface area contributed by atoms with Crippen LogP contribution < -0.4 is 0 Å². The molecule has 0 saturated carbocycles. The molecule has 0 aliphatic rings. The lowest BCUT2D eigenvalue weighted by Crippen LogP contribution is -2.13. The first kappa shape index (κ1) is 12.8. The molecule has 0 fully saturated rings. The quantitative estimate of drug-likeness (QED) is 0.773. The van der Waals surface area contributed by atoms with Crippen molar-refractivity contribution in [2.24, 2.45) is 0 Å². The molecule has 19 heavy (non-hydrogen) atoms. The Morgan fingerprint density at radius 2 is 2.26 bits per heavy atom. The Labute approximate surface area is 110 Å². The van der Waals surface area contributed by atoms with Gasteiger partial charge in [0.15, 0.2) is 5.82 Å². The number of nitrogens with zero attached hydrogens (tertiary/aromatic N) is 4. The maximum absolute atomic E-state index is 11.4. The van der Waals surface area contributed by atoms with E-state index in [1.165, 1.54) is 7.11 Å². The summed E-state index contributed by atoms with van der Waals surface area (Å²) in [7, 11) is 1.33. The van der Waals surface area contributed by atoms with E-state index < -0.39 is 0 Å². The molecule has 6 heteroatoms. The van der Waals surface area contributed by atoms with Crippen LogP contribution in [-0.4, -0.2) is 27.8 Å². The lowest BCUT2D eigenvalue weighted by molar-refractivity contribution is -0.141. The Bertz CT molecular complexity index is 655. The van der Waals surface area contributed by atoms with Crippen LogP contribution in [0.15, 0.2) is 24.3 Å². The number of rotatable bonds is 3. The summed E-state index contributed by atoms with van der Waals surface area (Å²) in [5.41, 5.74) is 1.27. The van der Waals surface area contributed by atoms with Gasteiger partial charge in [0.1, 0.15) is 12.4 Å². The van der Waals surface area contributed by atoms with Crippen LogP contribution in [0.2, 0.25) is 0 Å². The number of aryl methyl sites for hydroxylation is 1. The SMILES string of the molecule is COC(=O)Cn1c(C)nnc1-c1cccc(C#N)c1. The second-order valence-electron chi connectivity index (χ2n) is 3.93. The molecule has 0 N–H and O–H groups in total. The van der Waals surface area contributed by atoms with Gasteiger partial charge in [-0.2, -0.15) is 5.26 Å². The van der Waals surface area contributed by atoms with Crippen LogP contribution in [0, 0.1) is 18.3 Å². The van der Waals surface area contributed by atoms with Crippen molar-refractivity contribution in [3.63, 3.8) is 0 Å². The molecule has 0 atom stereocenters. The fourth-order valence-corrected chi connectivity index (χ4v) is 1.71. The average Bonchev–Trinajstić information content (AvgIpc) is 2.80. The minimum Gasteiger partial charge on any atom is -0.468 e. The Kier molecular flexibility index (Phi) is 3.57. The maximum Gasteiger partial charge on any atom is 0.325 e. The fraction of sp³-hybridized carbons (Fsp3) is 0.231.